The summed E-state index contributed by atoms with van der Waals surface area (Å²) in [6.07, 6.45) is 2.88. The molecule has 1 unspecified atom stereocenters. The van der Waals surface area contributed by atoms with Crippen molar-refractivity contribution >= 4 is 0 Å². The molecule has 0 spiro atoms. The van der Waals surface area contributed by atoms with Crippen LogP contribution < -0.4 is 5.73 Å². The van der Waals surface area contributed by atoms with E-state index >= 15 is 0 Å². The summed E-state index contributed by atoms with van der Waals surface area (Å²) in [5.74, 6) is 0. The second kappa shape index (κ2) is 4.94. The van der Waals surface area contributed by atoms with Gasteiger partial charge in [-0.05, 0) is 18.1 Å². The molecule has 1 atom stereocenters. The van der Waals surface area contributed by atoms with Crippen molar-refractivity contribution in [1.29, 1.82) is 0 Å². The molecule has 0 saturated heterocycles. The summed E-state index contributed by atoms with van der Waals surface area (Å²) >= 11 is 0. The zero-order valence-electron chi connectivity index (χ0n) is 9.50. The van der Waals surface area contributed by atoms with E-state index in [1.165, 1.54) is 0 Å². The number of hydrogen-bond acceptors (Lipinski definition) is 2. The maximum atomic E-state index is 6.23. The van der Waals surface area contributed by atoms with Crippen LogP contribution in [0.4, 0.5) is 0 Å². The number of rotatable bonds is 4. The van der Waals surface area contributed by atoms with E-state index in [0.717, 1.165) is 24.2 Å². The van der Waals surface area contributed by atoms with Gasteiger partial charge in [0, 0.05) is 12.7 Å². The normalized spacial score (nSPS) is 12.6. The molecule has 84 valence electrons. The Bertz CT molecular complexity index is 433. The standard InChI is InChI=1S/C13H17N3/c1-2-10-16-12(8-9-15-16)13(14)11-6-4-3-5-7-11/h3-9,13H,2,10,14H2,1H3. The molecule has 1 heterocycles. The summed E-state index contributed by atoms with van der Waals surface area (Å²) < 4.78 is 1.98. The predicted octanol–water partition coefficient (Wildman–Crippen LogP) is 2.34. The highest BCUT2D eigenvalue weighted by molar-refractivity contribution is 5.26. The van der Waals surface area contributed by atoms with Crippen LogP contribution in [0.2, 0.25) is 0 Å². The Balaban J connectivity index is 2.27. The number of hydrogen-bond donors (Lipinski definition) is 1. The Morgan fingerprint density at radius 2 is 2.00 bits per heavy atom. The molecule has 3 heteroatoms. The smallest absolute Gasteiger partial charge is 0.0723 e. The quantitative estimate of drug-likeness (QED) is 0.850. The van der Waals surface area contributed by atoms with E-state index in [1.54, 1.807) is 0 Å². The first kappa shape index (κ1) is 10.9. The third-order valence-corrected chi connectivity index (χ3v) is 2.66. The lowest BCUT2D eigenvalue weighted by Gasteiger charge is -2.14. The molecule has 16 heavy (non-hydrogen) atoms. The minimum absolute atomic E-state index is 0.0877. The van der Waals surface area contributed by atoms with Gasteiger partial charge in [-0.3, -0.25) is 4.68 Å². The number of benzene rings is 1. The summed E-state index contributed by atoms with van der Waals surface area (Å²) in [6.45, 7) is 3.06. The summed E-state index contributed by atoms with van der Waals surface area (Å²) in [5.41, 5.74) is 8.43. The molecule has 2 N–H and O–H groups in total. The van der Waals surface area contributed by atoms with Gasteiger partial charge in [-0.2, -0.15) is 5.10 Å². The molecule has 2 rings (SSSR count). The molecule has 1 aromatic carbocycles. The van der Waals surface area contributed by atoms with Crippen molar-refractivity contribution in [2.45, 2.75) is 25.9 Å². The summed E-state index contributed by atoms with van der Waals surface area (Å²) in [7, 11) is 0. The van der Waals surface area contributed by atoms with Crippen molar-refractivity contribution < 1.29 is 0 Å². The molecule has 0 aliphatic rings. The van der Waals surface area contributed by atoms with E-state index in [0.29, 0.717) is 0 Å². The van der Waals surface area contributed by atoms with Crippen LogP contribution in [-0.2, 0) is 6.54 Å². The molecule has 0 aliphatic carbocycles. The highest BCUT2D eigenvalue weighted by atomic mass is 15.3. The molecule has 0 aliphatic heterocycles. The fraction of sp³-hybridized carbons (Fsp3) is 0.308. The first-order chi connectivity index (χ1) is 7.83. The lowest BCUT2D eigenvalue weighted by Crippen LogP contribution is -2.17. The van der Waals surface area contributed by atoms with Gasteiger partial charge in [-0.25, -0.2) is 0 Å². The van der Waals surface area contributed by atoms with Gasteiger partial charge in [0.25, 0.3) is 0 Å². The summed E-state index contributed by atoms with van der Waals surface area (Å²) in [6, 6.07) is 12.0. The van der Waals surface area contributed by atoms with Crippen molar-refractivity contribution in [2.24, 2.45) is 5.73 Å². The first-order valence-corrected chi connectivity index (χ1v) is 5.65. The van der Waals surface area contributed by atoms with Gasteiger partial charge >= 0.3 is 0 Å². The van der Waals surface area contributed by atoms with E-state index in [4.69, 9.17) is 5.73 Å². The zero-order valence-corrected chi connectivity index (χ0v) is 9.50. The van der Waals surface area contributed by atoms with Gasteiger partial charge in [-0.15, -0.1) is 0 Å². The number of nitrogens with two attached hydrogens (primary N) is 1. The predicted molar refractivity (Wildman–Crippen MR) is 65.0 cm³/mol. The third kappa shape index (κ3) is 2.14. The fourth-order valence-corrected chi connectivity index (χ4v) is 1.84. The average molecular weight is 215 g/mol. The molecule has 2 aromatic rings. The Hall–Kier alpha value is -1.61. The SMILES string of the molecule is CCCn1nccc1C(N)c1ccccc1. The van der Waals surface area contributed by atoms with Crippen molar-refractivity contribution in [3.63, 3.8) is 0 Å². The van der Waals surface area contributed by atoms with Crippen molar-refractivity contribution in [3.05, 3.63) is 53.9 Å². The van der Waals surface area contributed by atoms with Crippen LogP contribution in [0.15, 0.2) is 42.6 Å². The van der Waals surface area contributed by atoms with Crippen molar-refractivity contribution in [1.82, 2.24) is 9.78 Å². The highest BCUT2D eigenvalue weighted by Crippen LogP contribution is 2.18. The lowest BCUT2D eigenvalue weighted by molar-refractivity contribution is 0.560. The highest BCUT2D eigenvalue weighted by Gasteiger charge is 2.12. The van der Waals surface area contributed by atoms with Gasteiger partial charge < -0.3 is 5.73 Å². The van der Waals surface area contributed by atoms with Gasteiger partial charge in [-0.1, -0.05) is 37.3 Å². The monoisotopic (exact) mass is 215 g/mol. The van der Waals surface area contributed by atoms with E-state index in [9.17, 15) is 0 Å². The molecular weight excluding hydrogens is 198 g/mol. The second-order valence-electron chi connectivity index (χ2n) is 3.87. The molecule has 0 fully saturated rings. The zero-order chi connectivity index (χ0) is 11.4. The number of nitrogens with zero attached hydrogens (tertiary/aromatic N) is 2. The first-order valence-electron chi connectivity index (χ1n) is 5.65. The Labute approximate surface area is 95.9 Å². The van der Waals surface area contributed by atoms with Crippen LogP contribution in [-0.4, -0.2) is 9.78 Å². The van der Waals surface area contributed by atoms with Crippen LogP contribution in [0, 0.1) is 0 Å². The van der Waals surface area contributed by atoms with Crippen LogP contribution in [0.3, 0.4) is 0 Å². The van der Waals surface area contributed by atoms with Crippen LogP contribution in [0.1, 0.15) is 30.6 Å². The van der Waals surface area contributed by atoms with Crippen LogP contribution in [0.25, 0.3) is 0 Å². The molecule has 3 nitrogen and oxygen atoms in total. The second-order valence-corrected chi connectivity index (χ2v) is 3.87. The van der Waals surface area contributed by atoms with Gasteiger partial charge in [0.15, 0.2) is 0 Å². The Morgan fingerprint density at radius 3 is 2.69 bits per heavy atom. The van der Waals surface area contributed by atoms with Gasteiger partial charge in [0.2, 0.25) is 0 Å². The summed E-state index contributed by atoms with van der Waals surface area (Å²) in [5, 5.41) is 4.29. The molecular formula is C13H17N3. The minimum Gasteiger partial charge on any atom is -0.319 e. The Morgan fingerprint density at radius 1 is 1.25 bits per heavy atom. The molecule has 0 bridgehead atoms. The Kier molecular flexibility index (Phi) is 3.37. The van der Waals surface area contributed by atoms with Crippen LogP contribution in [0.5, 0.6) is 0 Å². The summed E-state index contributed by atoms with van der Waals surface area (Å²) in [4.78, 5) is 0. The van der Waals surface area contributed by atoms with E-state index < -0.39 is 0 Å². The third-order valence-electron chi connectivity index (χ3n) is 2.66. The van der Waals surface area contributed by atoms with Gasteiger partial charge in [0.05, 0.1) is 11.7 Å². The van der Waals surface area contributed by atoms with E-state index in [2.05, 4.69) is 12.0 Å². The lowest BCUT2D eigenvalue weighted by atomic mass is 10.1. The minimum atomic E-state index is -0.0877. The van der Waals surface area contributed by atoms with E-state index in [1.807, 2.05) is 47.3 Å². The van der Waals surface area contributed by atoms with E-state index in [-0.39, 0.29) is 6.04 Å². The average Bonchev–Trinajstić information content (AvgIpc) is 2.78. The molecule has 0 saturated carbocycles. The maximum Gasteiger partial charge on any atom is 0.0723 e. The largest absolute Gasteiger partial charge is 0.319 e. The van der Waals surface area contributed by atoms with Crippen LogP contribution >= 0.6 is 0 Å². The fourth-order valence-electron chi connectivity index (χ4n) is 1.84. The van der Waals surface area contributed by atoms with Gasteiger partial charge in [0.1, 0.15) is 0 Å². The van der Waals surface area contributed by atoms with Crippen molar-refractivity contribution in [2.75, 3.05) is 0 Å². The molecule has 0 amide bonds. The van der Waals surface area contributed by atoms with Crippen molar-refractivity contribution in [3.8, 4) is 0 Å². The number of aromatic nitrogens is 2. The molecule has 0 radical (unpaired) electrons. The molecule has 1 aromatic heterocycles. The maximum absolute atomic E-state index is 6.23. The number of aryl methyl sites for hydroxylation is 1. The topological polar surface area (TPSA) is 43.8 Å².